The van der Waals surface area contributed by atoms with E-state index in [1.807, 2.05) is 0 Å². The number of aliphatic hydroxyl groups is 3. The lowest BCUT2D eigenvalue weighted by Crippen LogP contribution is -2.41. The Morgan fingerprint density at radius 1 is 1.34 bits per heavy atom. The van der Waals surface area contributed by atoms with Gasteiger partial charge < -0.3 is 29.8 Å². The SMILES string of the molecule is C[C@@](O)(/C=C/[C@@H]1CC=CC(=O)O1)[C@@H](C[C@@H](O)/C=C/C=C/C=C/CO)OP(=O)(O)O. The molecule has 0 bridgehead atoms. The quantitative estimate of drug-likeness (QED) is 0.140. The molecule has 162 valence electrons. The third-order valence-electron chi connectivity index (χ3n) is 3.82. The van der Waals surface area contributed by atoms with Gasteiger partial charge >= 0.3 is 13.8 Å². The number of hydrogen-bond donors (Lipinski definition) is 5. The Hall–Kier alpha value is -1.84. The average molecular weight is 430 g/mol. The minimum atomic E-state index is -4.96. The number of ether oxygens (including phenoxy) is 1. The van der Waals surface area contributed by atoms with E-state index in [9.17, 15) is 19.6 Å². The topological polar surface area (TPSA) is 154 Å². The van der Waals surface area contributed by atoms with Crippen LogP contribution in [0.1, 0.15) is 19.8 Å². The Labute approximate surface area is 169 Å². The standard InChI is InChI=1S/C19H27O9P/c1-19(23,12-11-16-9-7-10-18(22)27-16)17(28-29(24,25)26)14-15(21)8-5-3-2-4-6-13-20/h2-8,10-12,15-17,20-21,23H,9,13-14H2,1H3,(H2,24,25,26)/b3-2+,6-4+,8-5+,12-11+/t15-,16-,17+,19+/m0/s1. The van der Waals surface area contributed by atoms with Gasteiger partial charge in [-0.3, -0.25) is 4.52 Å². The molecule has 10 heteroatoms. The van der Waals surface area contributed by atoms with E-state index < -0.39 is 37.7 Å². The number of aliphatic hydroxyl groups excluding tert-OH is 2. The van der Waals surface area contributed by atoms with Crippen LogP contribution in [0.25, 0.3) is 0 Å². The van der Waals surface area contributed by atoms with Gasteiger partial charge in [0, 0.05) is 18.9 Å². The minimum Gasteiger partial charge on any atom is -0.455 e. The molecule has 0 aromatic carbocycles. The van der Waals surface area contributed by atoms with Crippen molar-refractivity contribution < 1.29 is 43.7 Å². The summed E-state index contributed by atoms with van der Waals surface area (Å²) in [5.41, 5.74) is -1.87. The lowest BCUT2D eigenvalue weighted by Gasteiger charge is -2.31. The van der Waals surface area contributed by atoms with Crippen LogP contribution in [0.3, 0.4) is 0 Å². The van der Waals surface area contributed by atoms with Crippen LogP contribution in [0.5, 0.6) is 0 Å². The summed E-state index contributed by atoms with van der Waals surface area (Å²) in [6, 6.07) is 0. The van der Waals surface area contributed by atoms with E-state index in [1.54, 1.807) is 24.3 Å². The van der Waals surface area contributed by atoms with Gasteiger partial charge in [-0.2, -0.15) is 0 Å². The van der Waals surface area contributed by atoms with Crippen LogP contribution in [0.4, 0.5) is 0 Å². The highest BCUT2D eigenvalue weighted by Gasteiger charge is 2.37. The summed E-state index contributed by atoms with van der Waals surface area (Å²) < 4.78 is 21.0. The zero-order chi connectivity index (χ0) is 21.9. The van der Waals surface area contributed by atoms with Crippen molar-refractivity contribution in [3.05, 3.63) is 60.8 Å². The van der Waals surface area contributed by atoms with Gasteiger partial charge in [-0.25, -0.2) is 9.36 Å². The highest BCUT2D eigenvalue weighted by molar-refractivity contribution is 7.46. The summed E-state index contributed by atoms with van der Waals surface area (Å²) in [5.74, 6) is -0.531. The fraction of sp³-hybridized carbons (Fsp3) is 0.421. The molecule has 5 N–H and O–H groups in total. The van der Waals surface area contributed by atoms with Crippen LogP contribution in [-0.4, -0.2) is 61.6 Å². The highest BCUT2D eigenvalue weighted by Crippen LogP contribution is 2.41. The maximum Gasteiger partial charge on any atom is 0.469 e. The monoisotopic (exact) mass is 430 g/mol. The molecule has 29 heavy (non-hydrogen) atoms. The maximum atomic E-state index is 11.3. The Bertz CT molecular complexity index is 715. The largest absolute Gasteiger partial charge is 0.469 e. The number of carbonyl (C=O) groups is 1. The smallest absolute Gasteiger partial charge is 0.455 e. The van der Waals surface area contributed by atoms with Gasteiger partial charge in [0.2, 0.25) is 0 Å². The van der Waals surface area contributed by atoms with Gasteiger partial charge in [-0.15, -0.1) is 0 Å². The molecule has 4 atom stereocenters. The third kappa shape index (κ3) is 11.1. The molecule has 0 aromatic rings. The van der Waals surface area contributed by atoms with Crippen LogP contribution in [0.2, 0.25) is 0 Å². The molecule has 0 spiro atoms. The molecule has 1 aliphatic heterocycles. The van der Waals surface area contributed by atoms with Crippen molar-refractivity contribution in [2.75, 3.05) is 6.61 Å². The molecule has 1 rings (SSSR count). The van der Waals surface area contributed by atoms with E-state index >= 15 is 0 Å². The van der Waals surface area contributed by atoms with Gasteiger partial charge in [-0.1, -0.05) is 48.6 Å². The van der Waals surface area contributed by atoms with Crippen LogP contribution in [0.15, 0.2) is 60.8 Å². The van der Waals surface area contributed by atoms with Crippen LogP contribution >= 0.6 is 7.82 Å². The lowest BCUT2D eigenvalue weighted by molar-refractivity contribution is -0.141. The first kappa shape index (κ1) is 25.2. The molecule has 0 amide bonds. The predicted octanol–water partition coefficient (Wildman–Crippen LogP) is 1.06. The molecule has 9 nitrogen and oxygen atoms in total. The fourth-order valence-corrected chi connectivity index (χ4v) is 3.01. The summed E-state index contributed by atoms with van der Waals surface area (Å²) in [6.45, 7) is 1.16. The normalized spacial score (nSPS) is 22.6. The number of hydrogen-bond acceptors (Lipinski definition) is 7. The van der Waals surface area contributed by atoms with Gasteiger partial charge in [0.25, 0.3) is 0 Å². The number of esters is 1. The molecule has 1 aliphatic rings. The lowest BCUT2D eigenvalue weighted by atomic mass is 9.93. The second-order valence-electron chi connectivity index (χ2n) is 6.47. The summed E-state index contributed by atoms with van der Waals surface area (Å²) in [4.78, 5) is 29.6. The van der Waals surface area contributed by atoms with Crippen LogP contribution < -0.4 is 0 Å². The second-order valence-corrected chi connectivity index (χ2v) is 7.66. The number of phosphoric ester groups is 1. The number of cyclic esters (lactones) is 1. The zero-order valence-corrected chi connectivity index (χ0v) is 16.8. The Morgan fingerprint density at radius 3 is 2.66 bits per heavy atom. The van der Waals surface area contributed by atoms with Crippen molar-refractivity contribution in [3.8, 4) is 0 Å². The Morgan fingerprint density at radius 2 is 2.03 bits per heavy atom. The number of carbonyl (C=O) groups excluding carboxylic acids is 1. The summed E-state index contributed by atoms with van der Waals surface area (Å²) in [7, 11) is -4.96. The minimum absolute atomic E-state index is 0.100. The van der Waals surface area contributed by atoms with E-state index in [-0.39, 0.29) is 13.0 Å². The molecular formula is C19H27O9P. The molecule has 0 unspecified atom stereocenters. The molecule has 0 saturated carbocycles. The van der Waals surface area contributed by atoms with Crippen molar-refractivity contribution in [1.82, 2.24) is 0 Å². The first-order valence-corrected chi connectivity index (χ1v) is 10.4. The summed E-state index contributed by atoms with van der Waals surface area (Å²) >= 11 is 0. The molecule has 0 fully saturated rings. The molecule has 0 radical (unpaired) electrons. The van der Waals surface area contributed by atoms with E-state index in [1.165, 1.54) is 43.4 Å². The molecular weight excluding hydrogens is 403 g/mol. The number of allylic oxidation sites excluding steroid dienone is 4. The van der Waals surface area contributed by atoms with Gasteiger partial charge in [0.05, 0.1) is 12.7 Å². The van der Waals surface area contributed by atoms with Crippen molar-refractivity contribution in [1.29, 1.82) is 0 Å². The van der Waals surface area contributed by atoms with E-state index in [2.05, 4.69) is 4.52 Å². The van der Waals surface area contributed by atoms with Crippen molar-refractivity contribution >= 4 is 13.8 Å². The summed E-state index contributed by atoms with van der Waals surface area (Å²) in [6.07, 6.45) is 11.5. The third-order valence-corrected chi connectivity index (χ3v) is 4.35. The number of rotatable bonds is 11. The zero-order valence-electron chi connectivity index (χ0n) is 15.9. The summed E-state index contributed by atoms with van der Waals surface area (Å²) in [5, 5.41) is 29.4. The average Bonchev–Trinajstić information content (AvgIpc) is 2.61. The van der Waals surface area contributed by atoms with Gasteiger partial charge in [-0.05, 0) is 13.0 Å². The van der Waals surface area contributed by atoms with Crippen molar-refractivity contribution in [2.45, 2.75) is 43.7 Å². The molecule has 0 aliphatic carbocycles. The molecule has 0 saturated heterocycles. The Kier molecular flexibility index (Phi) is 10.4. The Balaban J connectivity index is 2.84. The van der Waals surface area contributed by atoms with Crippen LogP contribution in [-0.2, 0) is 18.6 Å². The van der Waals surface area contributed by atoms with E-state index in [0.717, 1.165) is 0 Å². The van der Waals surface area contributed by atoms with Crippen molar-refractivity contribution in [3.63, 3.8) is 0 Å². The van der Waals surface area contributed by atoms with Gasteiger partial charge in [0.1, 0.15) is 17.8 Å². The van der Waals surface area contributed by atoms with E-state index in [0.29, 0.717) is 6.42 Å². The highest BCUT2D eigenvalue weighted by atomic mass is 31.2. The second kappa shape index (κ2) is 12.0. The molecule has 0 aromatic heterocycles. The first-order chi connectivity index (χ1) is 13.5. The number of phosphoric acid groups is 1. The first-order valence-electron chi connectivity index (χ1n) is 8.85. The van der Waals surface area contributed by atoms with Crippen molar-refractivity contribution in [2.24, 2.45) is 0 Å². The molecule has 1 heterocycles. The van der Waals surface area contributed by atoms with E-state index in [4.69, 9.17) is 19.6 Å². The fourth-order valence-electron chi connectivity index (χ4n) is 2.37. The van der Waals surface area contributed by atoms with Gasteiger partial charge in [0.15, 0.2) is 0 Å². The van der Waals surface area contributed by atoms with Crippen LogP contribution in [0, 0.1) is 0 Å². The maximum absolute atomic E-state index is 11.3. The predicted molar refractivity (Wildman–Crippen MR) is 105 cm³/mol.